The highest BCUT2D eigenvalue weighted by atomic mass is 16.5. The van der Waals surface area contributed by atoms with Gasteiger partial charge >= 0.3 is 0 Å². The van der Waals surface area contributed by atoms with Gasteiger partial charge < -0.3 is 9.47 Å². The largest absolute Gasteiger partial charge is 0.493 e. The summed E-state index contributed by atoms with van der Waals surface area (Å²) in [4.78, 5) is 0. The second-order valence-electron chi connectivity index (χ2n) is 5.05. The van der Waals surface area contributed by atoms with Gasteiger partial charge in [-0.1, -0.05) is 18.7 Å². The van der Waals surface area contributed by atoms with Gasteiger partial charge in [0.1, 0.15) is 5.60 Å². The molecule has 14 heavy (non-hydrogen) atoms. The molecule has 0 N–H and O–H groups in total. The van der Waals surface area contributed by atoms with Gasteiger partial charge in [0.15, 0.2) is 0 Å². The predicted molar refractivity (Wildman–Crippen MR) is 55.9 cm³/mol. The van der Waals surface area contributed by atoms with Crippen LogP contribution in [0.25, 0.3) is 0 Å². The van der Waals surface area contributed by atoms with Gasteiger partial charge in [0, 0.05) is 5.92 Å². The highest BCUT2D eigenvalue weighted by molar-refractivity contribution is 5.17. The van der Waals surface area contributed by atoms with Crippen LogP contribution in [0.3, 0.4) is 0 Å². The molecule has 0 aliphatic carbocycles. The van der Waals surface area contributed by atoms with E-state index in [9.17, 15) is 0 Å². The van der Waals surface area contributed by atoms with Crippen molar-refractivity contribution in [2.24, 2.45) is 5.92 Å². The van der Waals surface area contributed by atoms with Crippen molar-refractivity contribution in [3.8, 4) is 0 Å². The van der Waals surface area contributed by atoms with Gasteiger partial charge in [0.05, 0.1) is 18.0 Å². The fourth-order valence-corrected chi connectivity index (χ4v) is 2.06. The van der Waals surface area contributed by atoms with E-state index in [1.54, 1.807) is 0 Å². The van der Waals surface area contributed by atoms with Crippen molar-refractivity contribution < 1.29 is 9.47 Å². The summed E-state index contributed by atoms with van der Waals surface area (Å²) < 4.78 is 11.4. The molecule has 0 saturated carbocycles. The first kappa shape index (κ1) is 9.78. The molecule has 1 fully saturated rings. The molecule has 2 bridgehead atoms. The number of hydrogen-bond acceptors (Lipinski definition) is 2. The Balaban J connectivity index is 1.97. The standard InChI is InChI=1S/C12H18O2/c1-8(14-12(2,3)4)10-7-9-5-6-11(10)13-9/h5-6,9-11H,1,7H2,2-4H3. The first-order valence-corrected chi connectivity index (χ1v) is 5.17. The maximum Gasteiger partial charge on any atom is 0.100 e. The topological polar surface area (TPSA) is 18.5 Å². The monoisotopic (exact) mass is 194 g/mol. The van der Waals surface area contributed by atoms with E-state index in [-0.39, 0.29) is 11.7 Å². The summed E-state index contributed by atoms with van der Waals surface area (Å²) in [6.45, 7) is 10.1. The van der Waals surface area contributed by atoms with Crippen molar-refractivity contribution >= 4 is 0 Å². The smallest absolute Gasteiger partial charge is 0.100 e. The Morgan fingerprint density at radius 1 is 1.43 bits per heavy atom. The number of rotatable bonds is 2. The number of fused-ring (bicyclic) bond motifs is 2. The second kappa shape index (κ2) is 3.13. The normalized spacial score (nSPS) is 34.9. The molecule has 2 heteroatoms. The Morgan fingerprint density at radius 3 is 2.57 bits per heavy atom. The van der Waals surface area contributed by atoms with Gasteiger partial charge in [-0.05, 0) is 27.2 Å². The van der Waals surface area contributed by atoms with Gasteiger partial charge in [-0.3, -0.25) is 0 Å². The Kier molecular flexibility index (Phi) is 2.18. The minimum atomic E-state index is -0.150. The lowest BCUT2D eigenvalue weighted by Crippen LogP contribution is -2.25. The van der Waals surface area contributed by atoms with E-state index < -0.39 is 0 Å². The number of ether oxygens (including phenoxy) is 2. The van der Waals surface area contributed by atoms with Gasteiger partial charge in [-0.15, -0.1) is 0 Å². The zero-order valence-corrected chi connectivity index (χ0v) is 9.12. The van der Waals surface area contributed by atoms with Crippen molar-refractivity contribution in [3.63, 3.8) is 0 Å². The van der Waals surface area contributed by atoms with Crippen molar-refractivity contribution in [1.29, 1.82) is 0 Å². The molecule has 0 aromatic carbocycles. The van der Waals surface area contributed by atoms with Crippen LogP contribution < -0.4 is 0 Å². The number of hydrogen-bond donors (Lipinski definition) is 0. The van der Waals surface area contributed by atoms with E-state index >= 15 is 0 Å². The highest BCUT2D eigenvalue weighted by Crippen LogP contribution is 2.38. The third kappa shape index (κ3) is 1.85. The molecule has 2 aliphatic heterocycles. The summed E-state index contributed by atoms with van der Waals surface area (Å²) in [5, 5.41) is 0. The molecule has 0 radical (unpaired) electrons. The van der Waals surface area contributed by atoms with Crippen LogP contribution in [0.1, 0.15) is 27.2 Å². The first-order chi connectivity index (χ1) is 6.46. The molecule has 3 unspecified atom stereocenters. The van der Waals surface area contributed by atoms with Gasteiger partial charge in [0.25, 0.3) is 0 Å². The lowest BCUT2D eigenvalue weighted by molar-refractivity contribution is 0.0255. The fourth-order valence-electron chi connectivity index (χ4n) is 2.06. The van der Waals surface area contributed by atoms with E-state index in [1.165, 1.54) is 0 Å². The quantitative estimate of drug-likeness (QED) is 0.497. The van der Waals surface area contributed by atoms with Crippen LogP contribution in [0.4, 0.5) is 0 Å². The van der Waals surface area contributed by atoms with E-state index in [2.05, 4.69) is 18.7 Å². The van der Waals surface area contributed by atoms with Crippen LogP contribution in [0, 0.1) is 5.92 Å². The van der Waals surface area contributed by atoms with Crippen molar-refractivity contribution in [2.45, 2.75) is 45.0 Å². The predicted octanol–water partition coefficient (Wildman–Crippen LogP) is 2.66. The van der Waals surface area contributed by atoms with Crippen LogP contribution >= 0.6 is 0 Å². The van der Waals surface area contributed by atoms with E-state index in [0.717, 1.165) is 12.2 Å². The molecule has 2 aliphatic rings. The summed E-state index contributed by atoms with van der Waals surface area (Å²) >= 11 is 0. The molecule has 3 atom stereocenters. The molecular weight excluding hydrogens is 176 g/mol. The average Bonchev–Trinajstić information content (AvgIpc) is 2.59. The average molecular weight is 194 g/mol. The van der Waals surface area contributed by atoms with Crippen LogP contribution in [-0.4, -0.2) is 17.8 Å². The fraction of sp³-hybridized carbons (Fsp3) is 0.667. The van der Waals surface area contributed by atoms with Crippen molar-refractivity contribution in [3.05, 3.63) is 24.5 Å². The molecule has 0 aromatic heterocycles. The SMILES string of the molecule is C=C(OC(C)(C)C)C1CC2C=CC1O2. The van der Waals surface area contributed by atoms with Crippen LogP contribution in [-0.2, 0) is 9.47 Å². The van der Waals surface area contributed by atoms with Gasteiger partial charge in [0.2, 0.25) is 0 Å². The van der Waals surface area contributed by atoms with Gasteiger partial charge in [-0.2, -0.15) is 0 Å². The first-order valence-electron chi connectivity index (χ1n) is 5.17. The highest BCUT2D eigenvalue weighted by Gasteiger charge is 2.39. The van der Waals surface area contributed by atoms with E-state index in [4.69, 9.17) is 9.47 Å². The second-order valence-corrected chi connectivity index (χ2v) is 5.05. The summed E-state index contributed by atoms with van der Waals surface area (Å²) in [5.74, 6) is 1.22. The molecular formula is C12H18O2. The van der Waals surface area contributed by atoms with Crippen LogP contribution in [0.2, 0.25) is 0 Å². The third-order valence-corrected chi connectivity index (χ3v) is 2.58. The Bertz CT molecular complexity index is 273. The van der Waals surface area contributed by atoms with E-state index in [0.29, 0.717) is 12.0 Å². The summed E-state index contributed by atoms with van der Waals surface area (Å²) in [6, 6.07) is 0. The third-order valence-electron chi connectivity index (χ3n) is 2.58. The molecule has 1 saturated heterocycles. The minimum Gasteiger partial charge on any atom is -0.493 e. The zero-order valence-electron chi connectivity index (χ0n) is 9.12. The molecule has 0 aromatic rings. The summed E-state index contributed by atoms with van der Waals surface area (Å²) in [5.41, 5.74) is -0.150. The van der Waals surface area contributed by atoms with Crippen molar-refractivity contribution in [2.75, 3.05) is 0 Å². The molecule has 0 amide bonds. The molecule has 2 heterocycles. The Labute approximate surface area is 85.6 Å². The lowest BCUT2D eigenvalue weighted by Gasteiger charge is -2.27. The Hall–Kier alpha value is -0.760. The summed E-state index contributed by atoms with van der Waals surface area (Å²) in [6.07, 6.45) is 5.78. The molecule has 2 nitrogen and oxygen atoms in total. The van der Waals surface area contributed by atoms with Crippen LogP contribution in [0.5, 0.6) is 0 Å². The molecule has 2 rings (SSSR count). The molecule has 0 spiro atoms. The minimum absolute atomic E-state index is 0.150. The lowest BCUT2D eigenvalue weighted by atomic mass is 9.93. The molecule has 78 valence electrons. The summed E-state index contributed by atoms with van der Waals surface area (Å²) in [7, 11) is 0. The Morgan fingerprint density at radius 2 is 2.14 bits per heavy atom. The van der Waals surface area contributed by atoms with E-state index in [1.807, 2.05) is 20.8 Å². The van der Waals surface area contributed by atoms with Crippen LogP contribution in [0.15, 0.2) is 24.5 Å². The van der Waals surface area contributed by atoms with Gasteiger partial charge in [-0.25, -0.2) is 0 Å². The maximum absolute atomic E-state index is 5.77. The maximum atomic E-state index is 5.77. The zero-order chi connectivity index (χ0) is 10.3. The van der Waals surface area contributed by atoms with Crippen molar-refractivity contribution in [1.82, 2.24) is 0 Å².